The number of nitro groups is 1. The average molecular weight is 387 g/mol. The maximum atomic E-state index is 12.1. The van der Waals surface area contributed by atoms with E-state index in [1.165, 1.54) is 6.08 Å². The van der Waals surface area contributed by atoms with E-state index in [4.69, 9.17) is 0 Å². The van der Waals surface area contributed by atoms with E-state index >= 15 is 0 Å². The van der Waals surface area contributed by atoms with Crippen LogP contribution in [0.25, 0.3) is 6.08 Å². The first-order chi connectivity index (χ1) is 10.3. The number of hydrogen-bond donors (Lipinski definition) is 1. The van der Waals surface area contributed by atoms with E-state index in [0.29, 0.717) is 13.0 Å². The minimum Gasteiger partial charge on any atom is -0.506 e. The quantitative estimate of drug-likeness (QED) is 0.482. The number of imide groups is 1. The molecule has 9 heteroatoms. The van der Waals surface area contributed by atoms with Crippen LogP contribution in [0.15, 0.2) is 21.5 Å². The van der Waals surface area contributed by atoms with Crippen molar-refractivity contribution in [2.24, 2.45) is 0 Å². The van der Waals surface area contributed by atoms with E-state index in [1.807, 2.05) is 6.92 Å². The molecular formula is C13H11BrN2O5S. The normalized spacial score (nSPS) is 16.6. The standard InChI is InChI=1S/C13H11BrN2O5S/c1-2-3-15-12(18)10(22-13(15)19)5-7-4-8(16(20)21)6-9(14)11(7)17/h4-6,17H,2-3H2,1H3/b10-5+. The highest BCUT2D eigenvalue weighted by Gasteiger charge is 2.34. The van der Waals surface area contributed by atoms with Crippen LogP contribution >= 0.6 is 27.7 Å². The summed E-state index contributed by atoms with van der Waals surface area (Å²) in [5.74, 6) is -0.688. The monoisotopic (exact) mass is 386 g/mol. The maximum Gasteiger partial charge on any atom is 0.293 e. The van der Waals surface area contributed by atoms with Crippen molar-refractivity contribution < 1.29 is 19.6 Å². The lowest BCUT2D eigenvalue weighted by atomic mass is 10.1. The lowest BCUT2D eigenvalue weighted by Gasteiger charge is -2.09. The summed E-state index contributed by atoms with van der Waals surface area (Å²) in [4.78, 5) is 35.3. The molecule has 1 aliphatic rings. The fourth-order valence-corrected chi connectivity index (χ4v) is 3.20. The first-order valence-corrected chi connectivity index (χ1v) is 7.88. The first kappa shape index (κ1) is 16.5. The van der Waals surface area contributed by atoms with Gasteiger partial charge in [-0.15, -0.1) is 0 Å². The van der Waals surface area contributed by atoms with Crippen molar-refractivity contribution in [2.45, 2.75) is 13.3 Å². The molecule has 1 fully saturated rings. The van der Waals surface area contributed by atoms with Gasteiger partial charge >= 0.3 is 0 Å². The molecule has 0 aromatic heterocycles. The van der Waals surface area contributed by atoms with Crippen molar-refractivity contribution in [2.75, 3.05) is 6.54 Å². The second-order valence-electron chi connectivity index (χ2n) is 4.46. The fraction of sp³-hybridized carbons (Fsp3) is 0.231. The second-order valence-corrected chi connectivity index (χ2v) is 6.30. The van der Waals surface area contributed by atoms with E-state index in [9.17, 15) is 24.8 Å². The zero-order valence-corrected chi connectivity index (χ0v) is 13.8. The van der Waals surface area contributed by atoms with E-state index in [1.54, 1.807) is 0 Å². The average Bonchev–Trinajstić information content (AvgIpc) is 2.71. The van der Waals surface area contributed by atoms with Gasteiger partial charge in [-0.2, -0.15) is 0 Å². The third-order valence-corrected chi connectivity index (χ3v) is 4.41. The van der Waals surface area contributed by atoms with Crippen LogP contribution in [0.4, 0.5) is 10.5 Å². The van der Waals surface area contributed by atoms with Crippen molar-refractivity contribution in [1.29, 1.82) is 0 Å². The number of halogens is 1. The van der Waals surface area contributed by atoms with Gasteiger partial charge in [0.25, 0.3) is 16.8 Å². The number of benzene rings is 1. The van der Waals surface area contributed by atoms with Crippen molar-refractivity contribution >= 4 is 50.6 Å². The minimum atomic E-state index is -0.607. The highest BCUT2D eigenvalue weighted by molar-refractivity contribution is 9.10. The van der Waals surface area contributed by atoms with Crippen molar-refractivity contribution in [1.82, 2.24) is 4.90 Å². The Morgan fingerprint density at radius 1 is 1.45 bits per heavy atom. The number of carbonyl (C=O) groups excluding carboxylic acids is 2. The number of nitro benzene ring substituents is 1. The van der Waals surface area contributed by atoms with Crippen LogP contribution < -0.4 is 0 Å². The Labute approximate surface area is 138 Å². The Balaban J connectivity index is 2.44. The Bertz CT molecular complexity index is 704. The highest BCUT2D eigenvalue weighted by Crippen LogP contribution is 2.37. The van der Waals surface area contributed by atoms with E-state index in [-0.39, 0.29) is 31.6 Å². The van der Waals surface area contributed by atoms with Crippen LogP contribution in [-0.2, 0) is 4.79 Å². The fourth-order valence-electron chi connectivity index (χ4n) is 1.88. The number of phenols is 1. The third-order valence-electron chi connectivity index (χ3n) is 2.90. The molecular weight excluding hydrogens is 376 g/mol. The van der Waals surface area contributed by atoms with Gasteiger partial charge in [-0.05, 0) is 40.2 Å². The van der Waals surface area contributed by atoms with E-state index in [0.717, 1.165) is 28.8 Å². The molecule has 1 aliphatic heterocycles. The van der Waals surface area contributed by atoms with Crippen LogP contribution in [0.5, 0.6) is 5.75 Å². The molecule has 0 saturated carbocycles. The lowest BCUT2D eigenvalue weighted by molar-refractivity contribution is -0.385. The number of non-ortho nitro benzene ring substituents is 1. The maximum absolute atomic E-state index is 12.1. The predicted octanol–water partition coefficient (Wildman–Crippen LogP) is 3.51. The van der Waals surface area contributed by atoms with E-state index in [2.05, 4.69) is 15.9 Å². The number of aromatic hydroxyl groups is 1. The van der Waals surface area contributed by atoms with Crippen molar-refractivity contribution in [3.63, 3.8) is 0 Å². The molecule has 1 heterocycles. The molecule has 22 heavy (non-hydrogen) atoms. The molecule has 1 saturated heterocycles. The Hall–Kier alpha value is -1.87. The number of rotatable bonds is 4. The van der Waals surface area contributed by atoms with Gasteiger partial charge in [-0.3, -0.25) is 24.6 Å². The third kappa shape index (κ3) is 3.14. The molecule has 0 spiro atoms. The molecule has 7 nitrogen and oxygen atoms in total. The summed E-state index contributed by atoms with van der Waals surface area (Å²) in [6, 6.07) is 2.31. The van der Waals surface area contributed by atoms with Gasteiger partial charge in [0.05, 0.1) is 14.3 Å². The van der Waals surface area contributed by atoms with Crippen LogP contribution in [0.3, 0.4) is 0 Å². The molecule has 0 aliphatic carbocycles. The Morgan fingerprint density at radius 2 is 2.14 bits per heavy atom. The summed E-state index contributed by atoms with van der Waals surface area (Å²) in [6.45, 7) is 2.16. The summed E-state index contributed by atoms with van der Waals surface area (Å²) < 4.78 is 0.140. The zero-order valence-electron chi connectivity index (χ0n) is 11.4. The number of amides is 2. The molecule has 2 amide bonds. The Kier molecular flexibility index (Phi) is 4.87. The lowest BCUT2D eigenvalue weighted by Crippen LogP contribution is -2.28. The number of hydrogen-bond acceptors (Lipinski definition) is 6. The molecule has 0 unspecified atom stereocenters. The summed E-state index contributed by atoms with van der Waals surface area (Å²) >= 11 is 3.77. The Morgan fingerprint density at radius 3 is 2.73 bits per heavy atom. The second kappa shape index (κ2) is 6.49. The number of nitrogens with zero attached hydrogens (tertiary/aromatic N) is 2. The van der Waals surface area contributed by atoms with Crippen molar-refractivity contribution in [3.05, 3.63) is 37.2 Å². The van der Waals surface area contributed by atoms with Gasteiger partial charge in [-0.1, -0.05) is 6.92 Å². The van der Waals surface area contributed by atoms with Crippen LogP contribution in [0.1, 0.15) is 18.9 Å². The summed E-state index contributed by atoms with van der Waals surface area (Å²) in [6.07, 6.45) is 1.92. The number of phenolic OH excluding ortho intramolecular Hbond substituents is 1. The van der Waals surface area contributed by atoms with Gasteiger partial charge < -0.3 is 5.11 Å². The van der Waals surface area contributed by atoms with Gasteiger partial charge in [0.15, 0.2) is 0 Å². The van der Waals surface area contributed by atoms with Crippen LogP contribution in [0.2, 0.25) is 0 Å². The SMILES string of the molecule is CCCN1C(=O)S/C(=C/c2cc([N+](=O)[O-])cc(Br)c2O)C1=O. The molecule has 116 valence electrons. The summed E-state index contributed by atoms with van der Waals surface area (Å²) in [5, 5.41) is 20.4. The summed E-state index contributed by atoms with van der Waals surface area (Å²) in [5.41, 5.74) is -0.133. The number of carbonyl (C=O) groups is 2. The van der Waals surface area contributed by atoms with Gasteiger partial charge in [-0.25, -0.2) is 0 Å². The molecule has 1 N–H and O–H groups in total. The topological polar surface area (TPSA) is 101 Å². The van der Waals surface area contributed by atoms with Crippen LogP contribution in [-0.4, -0.2) is 32.6 Å². The smallest absolute Gasteiger partial charge is 0.293 e. The largest absolute Gasteiger partial charge is 0.506 e. The van der Waals surface area contributed by atoms with Gasteiger partial charge in [0.2, 0.25) is 0 Å². The molecule has 0 radical (unpaired) electrons. The first-order valence-electron chi connectivity index (χ1n) is 6.27. The van der Waals surface area contributed by atoms with Crippen molar-refractivity contribution in [3.8, 4) is 5.75 Å². The molecule has 2 rings (SSSR count). The van der Waals surface area contributed by atoms with E-state index < -0.39 is 10.8 Å². The number of thioether (sulfide) groups is 1. The molecule has 0 atom stereocenters. The minimum absolute atomic E-state index is 0.100. The highest BCUT2D eigenvalue weighted by atomic mass is 79.9. The van der Waals surface area contributed by atoms with Crippen LogP contribution in [0, 0.1) is 10.1 Å². The predicted molar refractivity (Wildman–Crippen MR) is 85.4 cm³/mol. The van der Waals surface area contributed by atoms with Gasteiger partial charge in [0.1, 0.15) is 5.75 Å². The molecule has 0 bridgehead atoms. The zero-order chi connectivity index (χ0) is 16.4. The molecule has 1 aromatic carbocycles. The van der Waals surface area contributed by atoms with Gasteiger partial charge in [0, 0.05) is 24.2 Å². The molecule has 1 aromatic rings. The summed E-state index contributed by atoms with van der Waals surface area (Å²) in [7, 11) is 0.